The Morgan fingerprint density at radius 2 is 2.17 bits per heavy atom. The van der Waals surface area contributed by atoms with E-state index in [0.717, 1.165) is 6.42 Å². The Bertz CT molecular complexity index is 200. The third-order valence-corrected chi connectivity index (χ3v) is 1.08. The maximum Gasteiger partial charge on any atom is 0.376 e. The van der Waals surface area contributed by atoms with Crippen LogP contribution in [0, 0.1) is 0 Å². The van der Waals surface area contributed by atoms with E-state index in [1.54, 1.807) is 19.9 Å². The Morgan fingerprint density at radius 3 is 2.67 bits per heavy atom. The summed E-state index contributed by atoms with van der Waals surface area (Å²) in [5.74, 6) is -0.485. The highest BCUT2D eigenvalue weighted by molar-refractivity contribution is 5.86. The lowest BCUT2D eigenvalue weighted by atomic mass is 10.3. The third-order valence-electron chi connectivity index (χ3n) is 1.08. The molecule has 0 aliphatic heterocycles. The third kappa shape index (κ3) is 4.72. The Labute approximate surface area is 72.6 Å². The summed E-state index contributed by atoms with van der Waals surface area (Å²) in [6, 6.07) is 0. The van der Waals surface area contributed by atoms with E-state index in [2.05, 4.69) is 15.5 Å². The molecular formula is C9H14O3. The van der Waals surface area contributed by atoms with Gasteiger partial charge in [0.2, 0.25) is 0 Å². The smallest absolute Gasteiger partial charge is 0.293 e. The number of carbonyl (C=O) groups is 1. The molecule has 0 spiro atoms. The highest BCUT2D eigenvalue weighted by atomic mass is 17.2. The van der Waals surface area contributed by atoms with E-state index >= 15 is 0 Å². The first-order valence-electron chi connectivity index (χ1n) is 3.97. The molecule has 0 aromatic carbocycles. The molecule has 0 bridgehead atoms. The molecule has 0 saturated carbocycles. The molecule has 0 rings (SSSR count). The molecule has 0 heterocycles. The number of rotatable bonds is 4. The second-order valence-electron chi connectivity index (χ2n) is 2.16. The van der Waals surface area contributed by atoms with Gasteiger partial charge in [0, 0.05) is 0 Å². The molecule has 0 amide bonds. The van der Waals surface area contributed by atoms with Gasteiger partial charge in [0.15, 0.2) is 0 Å². The van der Waals surface area contributed by atoms with Crippen molar-refractivity contribution in [2.75, 3.05) is 6.61 Å². The van der Waals surface area contributed by atoms with Gasteiger partial charge in [0.1, 0.15) is 0 Å². The van der Waals surface area contributed by atoms with Gasteiger partial charge in [-0.25, -0.2) is 4.79 Å². The maximum absolute atomic E-state index is 10.9. The van der Waals surface area contributed by atoms with Crippen molar-refractivity contribution in [2.45, 2.75) is 27.2 Å². The van der Waals surface area contributed by atoms with E-state index in [0.29, 0.717) is 12.2 Å². The van der Waals surface area contributed by atoms with Crippen molar-refractivity contribution < 1.29 is 14.6 Å². The van der Waals surface area contributed by atoms with Crippen LogP contribution >= 0.6 is 0 Å². The number of hydrogen-bond acceptors (Lipinski definition) is 3. The first-order chi connectivity index (χ1) is 5.72. The molecule has 0 aromatic rings. The van der Waals surface area contributed by atoms with Crippen molar-refractivity contribution in [1.29, 1.82) is 0 Å². The van der Waals surface area contributed by atoms with E-state index < -0.39 is 5.97 Å². The maximum atomic E-state index is 10.9. The van der Waals surface area contributed by atoms with Crippen molar-refractivity contribution in [1.82, 2.24) is 0 Å². The topological polar surface area (TPSA) is 35.5 Å². The molecular weight excluding hydrogens is 156 g/mol. The summed E-state index contributed by atoms with van der Waals surface area (Å²) in [6.45, 7) is 5.70. The minimum atomic E-state index is -0.485. The van der Waals surface area contributed by atoms with Gasteiger partial charge in [-0.05, 0) is 26.3 Å². The Balaban J connectivity index is 4.01. The Morgan fingerprint density at radius 1 is 1.50 bits per heavy atom. The summed E-state index contributed by atoms with van der Waals surface area (Å²) < 4.78 is 0. The van der Waals surface area contributed by atoms with E-state index in [1.165, 1.54) is 0 Å². The van der Waals surface area contributed by atoms with E-state index in [1.807, 2.05) is 6.92 Å². The molecule has 0 radical (unpaired) electrons. The van der Waals surface area contributed by atoms with Crippen molar-refractivity contribution in [3.05, 3.63) is 17.4 Å². The number of carbonyl (C=O) groups excluding carboxylic acids is 1. The predicted octanol–water partition coefficient (Wildman–Crippen LogP) is 1.99. The summed E-state index contributed by atoms with van der Waals surface area (Å²) in [5.41, 5.74) is 3.20. The zero-order chi connectivity index (χ0) is 9.40. The average Bonchev–Trinajstić information content (AvgIpc) is 2.10. The molecule has 12 heavy (non-hydrogen) atoms. The lowest BCUT2D eigenvalue weighted by Crippen LogP contribution is -2.05. The Kier molecular flexibility index (Phi) is 6.07. The van der Waals surface area contributed by atoms with Crippen LogP contribution in [0.25, 0.3) is 0 Å². The van der Waals surface area contributed by atoms with Crippen LogP contribution < -0.4 is 0 Å². The molecule has 0 aromatic heterocycles. The molecule has 0 atom stereocenters. The van der Waals surface area contributed by atoms with Crippen LogP contribution in [0.3, 0.4) is 0 Å². The van der Waals surface area contributed by atoms with Crippen LogP contribution in [-0.2, 0) is 14.6 Å². The van der Waals surface area contributed by atoms with E-state index in [-0.39, 0.29) is 0 Å². The molecule has 68 valence electrons. The summed E-state index contributed by atoms with van der Waals surface area (Å²) in [7, 11) is 0. The van der Waals surface area contributed by atoms with E-state index in [9.17, 15) is 4.79 Å². The summed E-state index contributed by atoms with van der Waals surface area (Å²) in [6.07, 6.45) is 2.61. The van der Waals surface area contributed by atoms with Crippen molar-refractivity contribution in [3.8, 4) is 0 Å². The summed E-state index contributed by atoms with van der Waals surface area (Å²) >= 11 is 0. The molecule has 0 saturated heterocycles. The van der Waals surface area contributed by atoms with Gasteiger partial charge in [0.05, 0.1) is 12.2 Å². The fourth-order valence-electron chi connectivity index (χ4n) is 0.489. The van der Waals surface area contributed by atoms with Gasteiger partial charge >= 0.3 is 5.97 Å². The first-order valence-corrected chi connectivity index (χ1v) is 3.97. The van der Waals surface area contributed by atoms with Crippen LogP contribution in [0.15, 0.2) is 17.4 Å². The minimum absolute atomic E-state index is 0.358. The number of hydrogen-bond donors (Lipinski definition) is 0. The largest absolute Gasteiger partial charge is 0.376 e. The molecule has 0 N–H and O–H groups in total. The SMILES string of the molecule is CCC=C=C(C)C(=O)OOCC. The van der Waals surface area contributed by atoms with Crippen molar-refractivity contribution in [3.63, 3.8) is 0 Å². The van der Waals surface area contributed by atoms with Crippen LogP contribution in [0.2, 0.25) is 0 Å². The van der Waals surface area contributed by atoms with Crippen LogP contribution in [-0.4, -0.2) is 12.6 Å². The lowest BCUT2D eigenvalue weighted by Gasteiger charge is -1.98. The van der Waals surface area contributed by atoms with Gasteiger partial charge in [0.25, 0.3) is 0 Å². The summed E-state index contributed by atoms with van der Waals surface area (Å²) in [4.78, 5) is 19.8. The van der Waals surface area contributed by atoms with Crippen LogP contribution in [0.5, 0.6) is 0 Å². The zero-order valence-corrected chi connectivity index (χ0v) is 7.72. The fourth-order valence-corrected chi connectivity index (χ4v) is 0.489. The zero-order valence-electron chi connectivity index (χ0n) is 7.72. The van der Waals surface area contributed by atoms with Gasteiger partial charge in [-0.3, -0.25) is 4.89 Å². The predicted molar refractivity (Wildman–Crippen MR) is 45.3 cm³/mol. The molecule has 0 unspecified atom stereocenters. The molecule has 0 aliphatic rings. The van der Waals surface area contributed by atoms with Gasteiger partial charge in [-0.15, -0.1) is 5.73 Å². The van der Waals surface area contributed by atoms with Gasteiger partial charge in [-0.2, -0.15) is 4.89 Å². The highest BCUT2D eigenvalue weighted by Crippen LogP contribution is 1.95. The van der Waals surface area contributed by atoms with Crippen molar-refractivity contribution >= 4 is 5.97 Å². The molecule has 3 nitrogen and oxygen atoms in total. The molecule has 0 fully saturated rings. The highest BCUT2D eigenvalue weighted by Gasteiger charge is 2.04. The van der Waals surface area contributed by atoms with Gasteiger partial charge < -0.3 is 0 Å². The van der Waals surface area contributed by atoms with Gasteiger partial charge in [-0.1, -0.05) is 6.92 Å². The van der Waals surface area contributed by atoms with Crippen molar-refractivity contribution in [2.24, 2.45) is 0 Å². The minimum Gasteiger partial charge on any atom is -0.293 e. The Hall–Kier alpha value is -1.05. The fraction of sp³-hybridized carbons (Fsp3) is 0.556. The summed E-state index contributed by atoms with van der Waals surface area (Å²) in [5, 5.41) is 0. The molecule has 0 aliphatic carbocycles. The van der Waals surface area contributed by atoms with Crippen LogP contribution in [0.4, 0.5) is 0 Å². The van der Waals surface area contributed by atoms with Crippen LogP contribution in [0.1, 0.15) is 27.2 Å². The average molecular weight is 170 g/mol. The van der Waals surface area contributed by atoms with E-state index in [4.69, 9.17) is 0 Å². The second-order valence-corrected chi connectivity index (χ2v) is 2.16. The second kappa shape index (κ2) is 6.65. The standard InChI is InChI=1S/C9H14O3/c1-4-6-7-8(3)9(10)12-11-5-2/h6H,4-5H2,1-3H3. The quantitative estimate of drug-likeness (QED) is 0.280. The normalized spacial score (nSPS) is 8.58. The first kappa shape index (κ1) is 11.0. The lowest BCUT2D eigenvalue weighted by molar-refractivity contribution is -0.265. The molecule has 3 heteroatoms. The monoisotopic (exact) mass is 170 g/mol.